The molecule has 6 heteroatoms. The van der Waals surface area contributed by atoms with Crippen LogP contribution in [-0.4, -0.2) is 23.3 Å². The molecule has 2 rings (SSSR count). The fraction of sp³-hybridized carbons (Fsp3) is 0.0833. The van der Waals surface area contributed by atoms with E-state index in [2.05, 4.69) is 10.1 Å². The molecular formula is C12H9NO3S2. The third-order valence-corrected chi connectivity index (χ3v) is 3.43. The van der Waals surface area contributed by atoms with Gasteiger partial charge in [0.05, 0.1) is 17.6 Å². The van der Waals surface area contributed by atoms with Gasteiger partial charge in [-0.15, -0.1) is 0 Å². The predicted molar refractivity (Wildman–Crippen MR) is 74.1 cm³/mol. The second-order valence-electron chi connectivity index (χ2n) is 3.47. The van der Waals surface area contributed by atoms with Crippen molar-refractivity contribution in [1.29, 1.82) is 0 Å². The Balaban J connectivity index is 2.21. The minimum absolute atomic E-state index is 0.193. The normalized spacial score (nSPS) is 16.8. The Kier molecular flexibility index (Phi) is 3.78. The van der Waals surface area contributed by atoms with E-state index in [-0.39, 0.29) is 11.9 Å². The average molecular weight is 279 g/mol. The van der Waals surface area contributed by atoms with Crippen LogP contribution < -0.4 is 5.32 Å². The van der Waals surface area contributed by atoms with Gasteiger partial charge < -0.3 is 10.1 Å². The van der Waals surface area contributed by atoms with E-state index >= 15 is 0 Å². The van der Waals surface area contributed by atoms with Crippen molar-refractivity contribution in [1.82, 2.24) is 5.32 Å². The van der Waals surface area contributed by atoms with Crippen molar-refractivity contribution >= 4 is 46.3 Å². The van der Waals surface area contributed by atoms with Gasteiger partial charge in [-0.25, -0.2) is 4.79 Å². The number of esters is 1. The molecule has 0 spiro atoms. The molecule has 0 atom stereocenters. The van der Waals surface area contributed by atoms with Crippen LogP contribution in [0.15, 0.2) is 29.2 Å². The van der Waals surface area contributed by atoms with Crippen LogP contribution in [-0.2, 0) is 9.53 Å². The van der Waals surface area contributed by atoms with Gasteiger partial charge in [0.2, 0.25) is 0 Å². The summed E-state index contributed by atoms with van der Waals surface area (Å²) in [5, 5.41) is 2.54. The number of rotatable bonds is 2. The summed E-state index contributed by atoms with van der Waals surface area (Å²) in [6, 6.07) is 6.78. The molecule has 1 saturated heterocycles. The zero-order chi connectivity index (χ0) is 13.1. The van der Waals surface area contributed by atoms with Crippen LogP contribution in [0.3, 0.4) is 0 Å². The Morgan fingerprint density at radius 2 is 2.06 bits per heavy atom. The number of carbonyl (C=O) groups excluding carboxylic acids is 2. The lowest BCUT2D eigenvalue weighted by atomic mass is 10.1. The fourth-order valence-corrected chi connectivity index (χ4v) is 2.45. The summed E-state index contributed by atoms with van der Waals surface area (Å²) in [7, 11) is 1.33. The quantitative estimate of drug-likeness (QED) is 0.509. The van der Waals surface area contributed by atoms with Gasteiger partial charge in [0.1, 0.15) is 4.32 Å². The summed E-state index contributed by atoms with van der Waals surface area (Å²) in [4.78, 5) is 23.2. The Hall–Kier alpha value is -1.66. The van der Waals surface area contributed by atoms with Crippen LogP contribution in [0.4, 0.5) is 0 Å². The van der Waals surface area contributed by atoms with Gasteiger partial charge in [-0.1, -0.05) is 36.1 Å². The smallest absolute Gasteiger partial charge is 0.337 e. The molecule has 0 unspecified atom stereocenters. The van der Waals surface area contributed by atoms with Crippen LogP contribution in [0.2, 0.25) is 0 Å². The second-order valence-corrected chi connectivity index (χ2v) is 5.18. The van der Waals surface area contributed by atoms with Gasteiger partial charge in [0.15, 0.2) is 0 Å². The van der Waals surface area contributed by atoms with Crippen molar-refractivity contribution in [2.75, 3.05) is 7.11 Å². The molecule has 4 nitrogen and oxygen atoms in total. The van der Waals surface area contributed by atoms with Crippen LogP contribution in [0.1, 0.15) is 15.9 Å². The number of amides is 1. The number of hydrogen-bond donors (Lipinski definition) is 1. The Morgan fingerprint density at radius 1 is 1.39 bits per heavy atom. The number of carbonyl (C=O) groups is 2. The van der Waals surface area contributed by atoms with E-state index in [0.29, 0.717) is 14.8 Å². The molecule has 92 valence electrons. The van der Waals surface area contributed by atoms with E-state index in [9.17, 15) is 9.59 Å². The van der Waals surface area contributed by atoms with Gasteiger partial charge in [-0.2, -0.15) is 0 Å². The number of thiocarbonyl (C=S) groups is 1. The molecule has 1 aliphatic rings. The molecule has 0 saturated carbocycles. The highest BCUT2D eigenvalue weighted by Gasteiger charge is 2.21. The summed E-state index contributed by atoms with van der Waals surface area (Å²) in [5.41, 5.74) is 1.30. The lowest BCUT2D eigenvalue weighted by molar-refractivity contribution is -0.115. The van der Waals surface area contributed by atoms with Gasteiger partial charge in [-0.3, -0.25) is 4.79 Å². The first-order valence-electron chi connectivity index (χ1n) is 5.03. The van der Waals surface area contributed by atoms with E-state index in [0.717, 1.165) is 5.56 Å². The second kappa shape index (κ2) is 5.32. The van der Waals surface area contributed by atoms with E-state index in [4.69, 9.17) is 12.2 Å². The summed E-state index contributed by atoms with van der Waals surface area (Å²) in [6.07, 6.45) is 1.72. The first-order chi connectivity index (χ1) is 8.60. The Morgan fingerprint density at radius 3 is 2.56 bits per heavy atom. The number of nitrogens with one attached hydrogen (secondary N) is 1. The minimum atomic E-state index is -0.386. The van der Waals surface area contributed by atoms with Crippen LogP contribution in [0.25, 0.3) is 6.08 Å². The monoisotopic (exact) mass is 279 g/mol. The molecule has 0 bridgehead atoms. The first kappa shape index (κ1) is 12.8. The predicted octanol–water partition coefficient (Wildman–Crippen LogP) is 1.96. The molecular weight excluding hydrogens is 270 g/mol. The summed E-state index contributed by atoms with van der Waals surface area (Å²) in [6.45, 7) is 0. The van der Waals surface area contributed by atoms with Gasteiger partial charge >= 0.3 is 5.97 Å². The number of hydrogen-bond acceptors (Lipinski definition) is 5. The lowest BCUT2D eigenvalue weighted by Crippen LogP contribution is -2.17. The maximum absolute atomic E-state index is 11.4. The van der Waals surface area contributed by atoms with E-state index in [1.165, 1.54) is 18.9 Å². The molecule has 1 amide bonds. The molecule has 1 aliphatic heterocycles. The number of thioether (sulfide) groups is 1. The zero-order valence-electron chi connectivity index (χ0n) is 9.43. The Bertz CT molecular complexity index is 549. The third-order valence-electron chi connectivity index (χ3n) is 2.27. The maximum atomic E-state index is 11.4. The third kappa shape index (κ3) is 2.77. The highest BCUT2D eigenvalue weighted by atomic mass is 32.2. The van der Waals surface area contributed by atoms with Crippen LogP contribution in [0.5, 0.6) is 0 Å². The molecule has 18 heavy (non-hydrogen) atoms. The fourth-order valence-electron chi connectivity index (χ4n) is 1.41. The number of ether oxygens (including phenoxy) is 1. The van der Waals surface area contributed by atoms with Crippen molar-refractivity contribution in [2.45, 2.75) is 0 Å². The summed E-state index contributed by atoms with van der Waals surface area (Å²) >= 11 is 6.11. The molecule has 0 radical (unpaired) electrons. The maximum Gasteiger partial charge on any atom is 0.337 e. The highest BCUT2D eigenvalue weighted by molar-refractivity contribution is 8.26. The molecule has 0 aliphatic carbocycles. The van der Waals surface area contributed by atoms with E-state index < -0.39 is 0 Å². The largest absolute Gasteiger partial charge is 0.465 e. The zero-order valence-corrected chi connectivity index (χ0v) is 11.1. The minimum Gasteiger partial charge on any atom is -0.465 e. The van der Waals surface area contributed by atoms with Crippen LogP contribution in [0, 0.1) is 0 Å². The van der Waals surface area contributed by atoms with Gasteiger partial charge in [0.25, 0.3) is 5.91 Å². The van der Waals surface area contributed by atoms with Crippen LogP contribution >= 0.6 is 24.0 Å². The van der Waals surface area contributed by atoms with Gasteiger partial charge in [0, 0.05) is 0 Å². The summed E-state index contributed by atoms with van der Waals surface area (Å²) in [5.74, 6) is -0.578. The van der Waals surface area contributed by atoms with Crippen molar-refractivity contribution in [3.8, 4) is 0 Å². The van der Waals surface area contributed by atoms with Crippen molar-refractivity contribution < 1.29 is 14.3 Å². The van der Waals surface area contributed by atoms with Crippen molar-refractivity contribution in [3.05, 3.63) is 40.3 Å². The van der Waals surface area contributed by atoms with E-state index in [1.807, 2.05) is 0 Å². The molecule has 1 fully saturated rings. The van der Waals surface area contributed by atoms with Crippen molar-refractivity contribution in [2.24, 2.45) is 0 Å². The SMILES string of the molecule is COC(=O)c1ccc(/C=C2/SC(=S)NC2=O)cc1. The Labute approximate surface area is 113 Å². The number of benzene rings is 1. The molecule has 1 heterocycles. The van der Waals surface area contributed by atoms with Crippen molar-refractivity contribution in [3.63, 3.8) is 0 Å². The first-order valence-corrected chi connectivity index (χ1v) is 6.26. The molecule has 1 aromatic carbocycles. The highest BCUT2D eigenvalue weighted by Crippen LogP contribution is 2.25. The van der Waals surface area contributed by atoms with Gasteiger partial charge in [-0.05, 0) is 23.8 Å². The topological polar surface area (TPSA) is 55.4 Å². The van der Waals surface area contributed by atoms with E-state index in [1.54, 1.807) is 30.3 Å². The average Bonchev–Trinajstić information content (AvgIpc) is 2.68. The summed E-state index contributed by atoms with van der Waals surface area (Å²) < 4.78 is 5.06. The molecule has 0 aromatic heterocycles. The molecule has 1 N–H and O–H groups in total. The number of methoxy groups -OCH3 is 1. The standard InChI is InChI=1S/C12H9NO3S2/c1-16-11(15)8-4-2-7(3-5-8)6-9-10(14)13-12(17)18-9/h2-6H,1H3,(H,13,14,17)/b9-6+. The lowest BCUT2D eigenvalue weighted by Gasteiger charge is -1.99. The molecule has 1 aromatic rings.